The molecule has 170 valence electrons. The molecule has 4 rings (SSSR count). The zero-order valence-electron chi connectivity index (χ0n) is 19.7. The summed E-state index contributed by atoms with van der Waals surface area (Å²) in [5.41, 5.74) is 6.81. The third-order valence-corrected chi connectivity index (χ3v) is 6.85. The summed E-state index contributed by atoms with van der Waals surface area (Å²) in [6.07, 6.45) is 1.33. The number of urea groups is 1. The number of hydrogen-bond donors (Lipinski definition) is 0. The first-order valence-electron chi connectivity index (χ1n) is 11.5. The number of piperazine rings is 1. The highest BCUT2D eigenvalue weighted by atomic mass is 16.2. The van der Waals surface area contributed by atoms with Crippen molar-refractivity contribution in [2.45, 2.75) is 26.7 Å². The summed E-state index contributed by atoms with van der Waals surface area (Å²) in [7, 11) is 3.53. The van der Waals surface area contributed by atoms with Crippen LogP contribution in [0.1, 0.15) is 33.5 Å². The average molecular weight is 435 g/mol. The van der Waals surface area contributed by atoms with Crippen LogP contribution in [0.5, 0.6) is 0 Å². The molecule has 0 spiro atoms. The second-order valence-electron chi connectivity index (χ2n) is 9.14. The van der Waals surface area contributed by atoms with E-state index in [0.717, 1.165) is 56.0 Å². The Labute approximate surface area is 191 Å². The number of rotatable bonds is 5. The van der Waals surface area contributed by atoms with Crippen LogP contribution in [0, 0.1) is 13.8 Å². The van der Waals surface area contributed by atoms with Gasteiger partial charge in [0, 0.05) is 76.7 Å². The van der Waals surface area contributed by atoms with Crippen molar-refractivity contribution in [2.75, 3.05) is 63.2 Å². The molecule has 6 nitrogen and oxygen atoms in total. The standard InChI is InChI=1S/C26H34N4O2/c1-19-6-5-7-23(20(19)2)29-16-14-28(15-17-29)12-11-25(31)22-8-9-24-21(18-22)10-13-30(24)26(32)27(3)4/h5-9,18H,10-17H2,1-4H3. The van der Waals surface area contributed by atoms with E-state index in [9.17, 15) is 9.59 Å². The molecule has 1 saturated heterocycles. The minimum absolute atomic E-state index is 0.0113. The van der Waals surface area contributed by atoms with Crippen LogP contribution in [0.2, 0.25) is 0 Å². The number of Topliss-reactive ketones (excluding diaryl/α,β-unsaturated/α-hetero) is 1. The first-order chi connectivity index (χ1) is 15.3. The molecule has 2 aliphatic heterocycles. The van der Waals surface area contributed by atoms with Gasteiger partial charge in [0.15, 0.2) is 5.78 Å². The van der Waals surface area contributed by atoms with Crippen LogP contribution in [-0.4, -0.2) is 75.0 Å². The zero-order chi connectivity index (χ0) is 22.8. The summed E-state index contributed by atoms with van der Waals surface area (Å²) >= 11 is 0. The van der Waals surface area contributed by atoms with Gasteiger partial charge in [0.1, 0.15) is 0 Å². The van der Waals surface area contributed by atoms with Crippen molar-refractivity contribution < 1.29 is 9.59 Å². The Morgan fingerprint density at radius 2 is 1.69 bits per heavy atom. The quantitative estimate of drug-likeness (QED) is 0.673. The molecule has 2 amide bonds. The number of benzene rings is 2. The molecule has 0 bridgehead atoms. The fourth-order valence-corrected chi connectivity index (χ4v) is 4.71. The Kier molecular flexibility index (Phi) is 6.51. The predicted octanol–water partition coefficient (Wildman–Crippen LogP) is 3.74. The second kappa shape index (κ2) is 9.33. The number of ketones is 1. The molecule has 2 aromatic carbocycles. The lowest BCUT2D eigenvalue weighted by Gasteiger charge is -2.37. The Morgan fingerprint density at radius 3 is 2.41 bits per heavy atom. The number of carbonyl (C=O) groups excluding carboxylic acids is 2. The first-order valence-corrected chi connectivity index (χ1v) is 11.5. The monoisotopic (exact) mass is 434 g/mol. The van der Waals surface area contributed by atoms with Crippen molar-refractivity contribution in [3.63, 3.8) is 0 Å². The van der Waals surface area contributed by atoms with E-state index in [1.165, 1.54) is 16.8 Å². The number of carbonyl (C=O) groups is 2. The molecule has 0 aliphatic carbocycles. The first kappa shape index (κ1) is 22.3. The maximum Gasteiger partial charge on any atom is 0.323 e. The van der Waals surface area contributed by atoms with Crippen LogP contribution in [0.3, 0.4) is 0 Å². The van der Waals surface area contributed by atoms with Crippen LogP contribution in [0.25, 0.3) is 0 Å². The van der Waals surface area contributed by atoms with Gasteiger partial charge in [-0.15, -0.1) is 0 Å². The third kappa shape index (κ3) is 4.51. The summed E-state index contributed by atoms with van der Waals surface area (Å²) in [4.78, 5) is 33.4. The van der Waals surface area contributed by atoms with Gasteiger partial charge in [-0.05, 0) is 61.2 Å². The van der Waals surface area contributed by atoms with Crippen molar-refractivity contribution >= 4 is 23.2 Å². The van der Waals surface area contributed by atoms with E-state index in [2.05, 4.69) is 41.8 Å². The molecule has 0 unspecified atom stereocenters. The maximum absolute atomic E-state index is 12.9. The molecule has 0 aromatic heterocycles. The Hall–Kier alpha value is -2.86. The Morgan fingerprint density at radius 1 is 0.938 bits per heavy atom. The van der Waals surface area contributed by atoms with Crippen LogP contribution >= 0.6 is 0 Å². The van der Waals surface area contributed by atoms with Crippen molar-refractivity contribution in [3.05, 3.63) is 58.7 Å². The van der Waals surface area contributed by atoms with E-state index in [-0.39, 0.29) is 11.8 Å². The van der Waals surface area contributed by atoms with Crippen molar-refractivity contribution in [2.24, 2.45) is 0 Å². The lowest BCUT2D eigenvalue weighted by molar-refractivity contribution is 0.0962. The molecule has 0 radical (unpaired) electrons. The van der Waals surface area contributed by atoms with Gasteiger partial charge in [-0.25, -0.2) is 4.79 Å². The fraction of sp³-hybridized carbons (Fsp3) is 0.462. The van der Waals surface area contributed by atoms with Crippen LogP contribution < -0.4 is 9.80 Å². The molecule has 0 saturated carbocycles. The molecule has 2 aliphatic rings. The number of fused-ring (bicyclic) bond motifs is 1. The molecule has 32 heavy (non-hydrogen) atoms. The Balaban J connectivity index is 1.31. The van der Waals surface area contributed by atoms with E-state index in [1.54, 1.807) is 23.9 Å². The van der Waals surface area contributed by atoms with E-state index >= 15 is 0 Å². The average Bonchev–Trinajstić information content (AvgIpc) is 3.22. The second-order valence-corrected chi connectivity index (χ2v) is 9.14. The Bertz CT molecular complexity index is 1010. The molecular weight excluding hydrogens is 400 g/mol. The molecule has 0 atom stereocenters. The number of anilines is 2. The molecule has 1 fully saturated rings. The predicted molar refractivity (Wildman–Crippen MR) is 130 cm³/mol. The summed E-state index contributed by atoms with van der Waals surface area (Å²) in [5, 5.41) is 0. The number of hydrogen-bond acceptors (Lipinski definition) is 4. The minimum Gasteiger partial charge on any atom is -0.369 e. The smallest absolute Gasteiger partial charge is 0.323 e. The number of nitrogens with zero attached hydrogens (tertiary/aromatic N) is 4. The molecule has 6 heteroatoms. The van der Waals surface area contributed by atoms with Crippen LogP contribution in [0.15, 0.2) is 36.4 Å². The van der Waals surface area contributed by atoms with E-state index in [1.807, 2.05) is 18.2 Å². The number of amides is 2. The normalized spacial score (nSPS) is 16.2. The molecular formula is C26H34N4O2. The van der Waals surface area contributed by atoms with Gasteiger partial charge in [-0.3, -0.25) is 14.6 Å². The van der Waals surface area contributed by atoms with Gasteiger partial charge >= 0.3 is 6.03 Å². The summed E-state index contributed by atoms with van der Waals surface area (Å²) in [6, 6.07) is 12.3. The summed E-state index contributed by atoms with van der Waals surface area (Å²) in [5.74, 6) is 0.183. The summed E-state index contributed by atoms with van der Waals surface area (Å²) < 4.78 is 0. The van der Waals surface area contributed by atoms with Crippen molar-refractivity contribution in [1.82, 2.24) is 9.80 Å². The third-order valence-electron chi connectivity index (χ3n) is 6.85. The van der Waals surface area contributed by atoms with Gasteiger partial charge in [0.25, 0.3) is 0 Å². The summed E-state index contributed by atoms with van der Waals surface area (Å²) in [6.45, 7) is 9.77. The lowest BCUT2D eigenvalue weighted by atomic mass is 10.0. The molecule has 2 aromatic rings. The van der Waals surface area contributed by atoms with Gasteiger partial charge in [0.05, 0.1) is 0 Å². The van der Waals surface area contributed by atoms with Gasteiger partial charge in [-0.2, -0.15) is 0 Å². The van der Waals surface area contributed by atoms with Crippen molar-refractivity contribution in [3.8, 4) is 0 Å². The fourth-order valence-electron chi connectivity index (χ4n) is 4.71. The van der Waals surface area contributed by atoms with Gasteiger partial charge in [-0.1, -0.05) is 12.1 Å². The van der Waals surface area contributed by atoms with Crippen molar-refractivity contribution in [1.29, 1.82) is 0 Å². The lowest BCUT2D eigenvalue weighted by Crippen LogP contribution is -2.47. The zero-order valence-corrected chi connectivity index (χ0v) is 19.7. The van der Waals surface area contributed by atoms with Crippen LogP contribution in [-0.2, 0) is 6.42 Å². The minimum atomic E-state index is -0.0113. The number of aryl methyl sites for hydroxylation is 1. The highest BCUT2D eigenvalue weighted by molar-refractivity contribution is 5.99. The molecule has 0 N–H and O–H groups in total. The van der Waals surface area contributed by atoms with Crippen LogP contribution in [0.4, 0.5) is 16.2 Å². The maximum atomic E-state index is 12.9. The van der Waals surface area contributed by atoms with Gasteiger partial charge < -0.3 is 9.80 Å². The highest BCUT2D eigenvalue weighted by Gasteiger charge is 2.26. The molecule has 2 heterocycles. The van der Waals surface area contributed by atoms with E-state index in [0.29, 0.717) is 13.0 Å². The topological polar surface area (TPSA) is 47.1 Å². The largest absolute Gasteiger partial charge is 0.369 e. The highest BCUT2D eigenvalue weighted by Crippen LogP contribution is 2.30. The van der Waals surface area contributed by atoms with E-state index < -0.39 is 0 Å². The van der Waals surface area contributed by atoms with E-state index in [4.69, 9.17) is 0 Å². The van der Waals surface area contributed by atoms with Gasteiger partial charge in [0.2, 0.25) is 0 Å². The SMILES string of the molecule is Cc1cccc(N2CCN(CCC(=O)c3ccc4c(c3)CCN4C(=O)N(C)C)CC2)c1C.